The molecule has 10 nitrogen and oxygen atoms in total. The van der Waals surface area contributed by atoms with Gasteiger partial charge < -0.3 is 33.4 Å². The van der Waals surface area contributed by atoms with E-state index >= 15 is 0 Å². The molecule has 1 N–H and O–H groups in total. The second-order valence-corrected chi connectivity index (χ2v) is 13.9. The van der Waals surface area contributed by atoms with Crippen molar-refractivity contribution >= 4 is 27.6 Å². The first kappa shape index (κ1) is 35.6. The molecule has 0 atom stereocenters. The van der Waals surface area contributed by atoms with Gasteiger partial charge in [0.05, 0.1) is 36.6 Å². The largest absolute Gasteiger partial charge is 0.493 e. The molecular weight excluding hydrogens is 682 g/mol. The molecule has 6 aromatic rings. The molecule has 8 rings (SSSR count). The van der Waals surface area contributed by atoms with E-state index in [-0.39, 0.29) is 17.9 Å². The Morgan fingerprint density at radius 2 is 1.69 bits per heavy atom. The highest BCUT2D eigenvalue weighted by atomic mass is 16.5. The van der Waals surface area contributed by atoms with Gasteiger partial charge in [0.2, 0.25) is 0 Å². The quantitative estimate of drug-likeness (QED) is 0.105. The Balaban J connectivity index is 1.12. The molecular formula is C44H45N3O7. The molecule has 2 aliphatic rings. The molecule has 54 heavy (non-hydrogen) atoms. The lowest BCUT2D eigenvalue weighted by molar-refractivity contribution is -0.0948. The molecule has 2 aromatic heterocycles. The number of para-hydroxylation sites is 1. The fourth-order valence-corrected chi connectivity index (χ4v) is 8.10. The van der Waals surface area contributed by atoms with Crippen molar-refractivity contribution in [3.63, 3.8) is 0 Å². The van der Waals surface area contributed by atoms with Gasteiger partial charge in [-0.2, -0.15) is 5.10 Å². The van der Waals surface area contributed by atoms with E-state index in [9.17, 15) is 9.90 Å². The zero-order valence-electron chi connectivity index (χ0n) is 30.8. The van der Waals surface area contributed by atoms with Crippen LogP contribution in [0.5, 0.6) is 11.5 Å². The molecule has 10 heteroatoms. The highest BCUT2D eigenvalue weighted by Crippen LogP contribution is 2.40. The number of methoxy groups -OCH3 is 1. The number of aryl methyl sites for hydroxylation is 2. The summed E-state index contributed by atoms with van der Waals surface area (Å²) in [6.07, 6.45) is 6.71. The lowest BCUT2D eigenvalue weighted by Crippen LogP contribution is -2.35. The molecule has 1 fully saturated rings. The van der Waals surface area contributed by atoms with Crippen molar-refractivity contribution in [2.75, 3.05) is 33.5 Å². The van der Waals surface area contributed by atoms with Crippen LogP contribution in [0.2, 0.25) is 0 Å². The van der Waals surface area contributed by atoms with Crippen molar-refractivity contribution in [1.82, 2.24) is 14.3 Å². The third kappa shape index (κ3) is 6.77. The lowest BCUT2D eigenvalue weighted by Gasteiger charge is -2.36. The van der Waals surface area contributed by atoms with Gasteiger partial charge in [-0.1, -0.05) is 78.9 Å². The number of allylic oxidation sites excluding steroid dienone is 1. The van der Waals surface area contributed by atoms with Crippen molar-refractivity contribution in [3.8, 4) is 22.6 Å². The normalized spacial score (nSPS) is 15.5. The van der Waals surface area contributed by atoms with Crippen LogP contribution in [0.4, 0.5) is 0 Å². The van der Waals surface area contributed by atoms with Crippen LogP contribution in [-0.2, 0) is 53.0 Å². The molecule has 0 aliphatic carbocycles. The zero-order chi connectivity index (χ0) is 37.1. The Morgan fingerprint density at radius 1 is 0.907 bits per heavy atom. The summed E-state index contributed by atoms with van der Waals surface area (Å²) in [6.45, 7) is 3.11. The van der Waals surface area contributed by atoms with Gasteiger partial charge in [0, 0.05) is 68.7 Å². The molecule has 0 unspecified atom stereocenters. The number of benzene rings is 4. The SMILES string of the molecule is COC1(c2ccc(OCc3nn(C)c4c3-c3cccc5c(CCCOc6cccc7ccccc67)c(C(=O)O)n(c35)CC=CCOC4)cc2)CCOCC1. The molecule has 278 valence electrons. The van der Waals surface area contributed by atoms with Crippen LogP contribution in [0, 0.1) is 0 Å². The Hall–Kier alpha value is -5.42. The average molecular weight is 728 g/mol. The first-order valence-corrected chi connectivity index (χ1v) is 18.6. The molecule has 4 heterocycles. The van der Waals surface area contributed by atoms with E-state index in [1.54, 1.807) is 7.11 Å². The first-order valence-electron chi connectivity index (χ1n) is 18.6. The van der Waals surface area contributed by atoms with Crippen LogP contribution in [-0.4, -0.2) is 59.0 Å². The Morgan fingerprint density at radius 3 is 2.50 bits per heavy atom. The van der Waals surface area contributed by atoms with E-state index in [2.05, 4.69) is 36.4 Å². The van der Waals surface area contributed by atoms with Crippen LogP contribution in [0.25, 0.3) is 32.8 Å². The third-order valence-corrected chi connectivity index (χ3v) is 10.8. The van der Waals surface area contributed by atoms with Crippen LogP contribution >= 0.6 is 0 Å². The maximum Gasteiger partial charge on any atom is 0.352 e. The van der Waals surface area contributed by atoms with E-state index in [1.807, 2.05) is 77.0 Å². The molecule has 4 aromatic carbocycles. The number of hydrogen-bond donors (Lipinski definition) is 1. The van der Waals surface area contributed by atoms with E-state index < -0.39 is 5.97 Å². The molecule has 0 amide bonds. The van der Waals surface area contributed by atoms with Gasteiger partial charge in [0.1, 0.15) is 29.5 Å². The van der Waals surface area contributed by atoms with Crippen molar-refractivity contribution in [2.45, 2.75) is 51.0 Å². The predicted molar refractivity (Wildman–Crippen MR) is 207 cm³/mol. The number of hydrogen-bond acceptors (Lipinski definition) is 7. The van der Waals surface area contributed by atoms with Crippen LogP contribution < -0.4 is 9.47 Å². The third-order valence-electron chi connectivity index (χ3n) is 10.8. The number of aromatic nitrogens is 3. The highest BCUT2D eigenvalue weighted by Gasteiger charge is 2.34. The van der Waals surface area contributed by atoms with Gasteiger partial charge in [-0.25, -0.2) is 4.79 Å². The number of fused-ring (bicyclic) bond motifs is 3. The van der Waals surface area contributed by atoms with E-state index in [4.69, 9.17) is 28.8 Å². The Bertz CT molecular complexity index is 2310. The van der Waals surface area contributed by atoms with Gasteiger partial charge in [0.25, 0.3) is 0 Å². The maximum absolute atomic E-state index is 13.1. The Labute approximate surface area is 314 Å². The molecule has 0 radical (unpaired) electrons. The van der Waals surface area contributed by atoms with Gasteiger partial charge in [-0.15, -0.1) is 0 Å². The zero-order valence-corrected chi connectivity index (χ0v) is 30.8. The summed E-state index contributed by atoms with van der Waals surface area (Å²) in [5.41, 5.74) is 6.11. The lowest BCUT2D eigenvalue weighted by atomic mass is 9.86. The molecule has 0 bridgehead atoms. The van der Waals surface area contributed by atoms with Crippen molar-refractivity contribution in [3.05, 3.63) is 125 Å². The summed E-state index contributed by atoms with van der Waals surface area (Å²) < 4.78 is 34.1. The second kappa shape index (κ2) is 15.5. The minimum Gasteiger partial charge on any atom is -0.493 e. The monoisotopic (exact) mass is 727 g/mol. The van der Waals surface area contributed by atoms with Gasteiger partial charge >= 0.3 is 5.97 Å². The Kier molecular flexibility index (Phi) is 10.2. The van der Waals surface area contributed by atoms with Crippen LogP contribution in [0.1, 0.15) is 52.3 Å². The van der Waals surface area contributed by atoms with Crippen LogP contribution in [0.3, 0.4) is 0 Å². The standard InChI is InChI=1S/C44H45N3O7/c1-46-38-29-52-24-6-5-23-47-41-34(35(42(47)43(48)49)15-9-25-53-39-16-7-11-30-10-3-4-12-33(30)39)13-8-14-36(41)40(38)37(45-46)28-54-32-19-17-31(18-20-32)44(50-2)21-26-51-27-22-44/h3-8,10-14,16-20H,9,15,21-29H2,1-2H3,(H,48,49). The molecule has 2 aliphatic heterocycles. The summed E-state index contributed by atoms with van der Waals surface area (Å²) in [5, 5.41) is 18.8. The smallest absolute Gasteiger partial charge is 0.352 e. The minimum absolute atomic E-state index is 0.214. The fraction of sp³-hybridized carbons (Fsp3) is 0.318. The summed E-state index contributed by atoms with van der Waals surface area (Å²) in [5.74, 6) is 0.582. The van der Waals surface area contributed by atoms with Gasteiger partial charge in [0.15, 0.2) is 0 Å². The predicted octanol–water partition coefficient (Wildman–Crippen LogP) is 8.22. The van der Waals surface area contributed by atoms with E-state index in [0.717, 1.165) is 79.7 Å². The molecule has 0 spiro atoms. The summed E-state index contributed by atoms with van der Waals surface area (Å²) in [4.78, 5) is 13.1. The van der Waals surface area contributed by atoms with Crippen molar-refractivity contribution < 1.29 is 33.6 Å². The maximum atomic E-state index is 13.1. The summed E-state index contributed by atoms with van der Waals surface area (Å²) >= 11 is 0. The highest BCUT2D eigenvalue weighted by molar-refractivity contribution is 6.04. The number of carboxylic acids is 1. The van der Waals surface area contributed by atoms with E-state index in [0.29, 0.717) is 52.4 Å². The molecule has 0 saturated carbocycles. The number of ether oxygens (including phenoxy) is 5. The second-order valence-electron chi connectivity index (χ2n) is 13.9. The minimum atomic E-state index is -0.962. The summed E-state index contributed by atoms with van der Waals surface area (Å²) in [6, 6.07) is 28.4. The number of nitrogens with zero attached hydrogens (tertiary/aromatic N) is 3. The van der Waals surface area contributed by atoms with Gasteiger partial charge in [-0.3, -0.25) is 4.68 Å². The van der Waals surface area contributed by atoms with Crippen LogP contribution in [0.15, 0.2) is 97.1 Å². The van der Waals surface area contributed by atoms with Crippen molar-refractivity contribution in [2.24, 2.45) is 7.05 Å². The average Bonchev–Trinajstić information content (AvgIpc) is 3.69. The number of rotatable bonds is 11. The summed E-state index contributed by atoms with van der Waals surface area (Å²) in [7, 11) is 3.68. The van der Waals surface area contributed by atoms with E-state index in [1.165, 1.54) is 0 Å². The number of aromatic carboxylic acids is 1. The van der Waals surface area contributed by atoms with Crippen molar-refractivity contribution in [1.29, 1.82) is 0 Å². The first-order chi connectivity index (χ1) is 26.5. The fourth-order valence-electron chi connectivity index (χ4n) is 8.10. The topological polar surface area (TPSA) is 106 Å². The number of carbonyl (C=O) groups is 1. The van der Waals surface area contributed by atoms with Gasteiger partial charge in [-0.05, 0) is 47.6 Å². The number of carboxylic acid groups (broad SMARTS) is 1. The molecule has 1 saturated heterocycles.